The summed E-state index contributed by atoms with van der Waals surface area (Å²) >= 11 is 0. The summed E-state index contributed by atoms with van der Waals surface area (Å²) in [6.07, 6.45) is 0. The molecular formula is C10H13NO2. The molecule has 0 radical (unpaired) electrons. The molecule has 1 aliphatic heterocycles. The minimum atomic E-state index is -0.297. The van der Waals surface area contributed by atoms with E-state index in [4.69, 9.17) is 15.2 Å². The van der Waals surface area contributed by atoms with Crippen LogP contribution in [0.15, 0.2) is 24.3 Å². The predicted molar refractivity (Wildman–Crippen MR) is 49.7 cm³/mol. The maximum absolute atomic E-state index is 6.07. The van der Waals surface area contributed by atoms with Crippen LogP contribution < -0.4 is 10.5 Å². The number of nitrogens with two attached hydrogens (primary N) is 1. The van der Waals surface area contributed by atoms with E-state index in [0.29, 0.717) is 13.2 Å². The summed E-state index contributed by atoms with van der Waals surface area (Å²) in [5.74, 6) is 0.842. The SMILES string of the molecule is COc1cccc(C2(N)COC2)c1. The zero-order valence-corrected chi connectivity index (χ0v) is 7.62. The second-order valence-electron chi connectivity index (χ2n) is 3.38. The van der Waals surface area contributed by atoms with Crippen molar-refractivity contribution in [1.82, 2.24) is 0 Å². The molecule has 2 N–H and O–H groups in total. The Bertz CT molecular complexity index is 308. The van der Waals surface area contributed by atoms with Crippen molar-refractivity contribution >= 4 is 0 Å². The van der Waals surface area contributed by atoms with Crippen LogP contribution >= 0.6 is 0 Å². The monoisotopic (exact) mass is 179 g/mol. The summed E-state index contributed by atoms with van der Waals surface area (Å²) < 4.78 is 10.2. The van der Waals surface area contributed by atoms with Crippen LogP contribution in [0.2, 0.25) is 0 Å². The normalized spacial score (nSPS) is 19.2. The van der Waals surface area contributed by atoms with E-state index in [0.717, 1.165) is 11.3 Å². The molecule has 2 rings (SSSR count). The fraction of sp³-hybridized carbons (Fsp3) is 0.400. The summed E-state index contributed by atoms with van der Waals surface area (Å²) in [6.45, 7) is 1.19. The van der Waals surface area contributed by atoms with E-state index in [9.17, 15) is 0 Å². The summed E-state index contributed by atoms with van der Waals surface area (Å²) in [6, 6.07) is 7.82. The van der Waals surface area contributed by atoms with Crippen molar-refractivity contribution < 1.29 is 9.47 Å². The maximum atomic E-state index is 6.07. The van der Waals surface area contributed by atoms with Crippen LogP contribution in [0.25, 0.3) is 0 Å². The Morgan fingerprint density at radius 2 is 2.23 bits per heavy atom. The molecule has 1 aliphatic rings. The average molecular weight is 179 g/mol. The van der Waals surface area contributed by atoms with E-state index in [-0.39, 0.29) is 5.54 Å². The second kappa shape index (κ2) is 3.01. The molecule has 1 saturated heterocycles. The Labute approximate surface area is 77.5 Å². The van der Waals surface area contributed by atoms with Crippen molar-refractivity contribution in [2.45, 2.75) is 5.54 Å². The van der Waals surface area contributed by atoms with Crippen LogP contribution in [0.3, 0.4) is 0 Å². The summed E-state index contributed by atoms with van der Waals surface area (Å²) in [5, 5.41) is 0. The molecule has 0 unspecified atom stereocenters. The van der Waals surface area contributed by atoms with E-state index in [1.807, 2.05) is 24.3 Å². The number of hydrogen-bond donors (Lipinski definition) is 1. The molecule has 0 spiro atoms. The standard InChI is InChI=1S/C10H13NO2/c1-12-9-4-2-3-8(5-9)10(11)6-13-7-10/h2-5H,6-7,11H2,1H3. The molecule has 1 heterocycles. The summed E-state index contributed by atoms with van der Waals surface area (Å²) in [4.78, 5) is 0. The van der Waals surface area contributed by atoms with Crippen molar-refractivity contribution in [1.29, 1.82) is 0 Å². The summed E-state index contributed by atoms with van der Waals surface area (Å²) in [5.41, 5.74) is 6.85. The van der Waals surface area contributed by atoms with Gasteiger partial charge >= 0.3 is 0 Å². The van der Waals surface area contributed by atoms with Gasteiger partial charge in [-0.1, -0.05) is 12.1 Å². The third kappa shape index (κ3) is 1.41. The molecule has 0 amide bonds. The van der Waals surface area contributed by atoms with Gasteiger partial charge in [0.15, 0.2) is 0 Å². The van der Waals surface area contributed by atoms with Gasteiger partial charge in [0.25, 0.3) is 0 Å². The van der Waals surface area contributed by atoms with Gasteiger partial charge < -0.3 is 15.2 Å². The van der Waals surface area contributed by atoms with Crippen LogP contribution in [0.5, 0.6) is 5.75 Å². The lowest BCUT2D eigenvalue weighted by Crippen LogP contribution is -2.54. The molecule has 70 valence electrons. The van der Waals surface area contributed by atoms with Crippen LogP contribution in [0, 0.1) is 0 Å². The molecule has 1 aromatic rings. The first-order valence-corrected chi connectivity index (χ1v) is 4.26. The van der Waals surface area contributed by atoms with E-state index in [1.54, 1.807) is 7.11 Å². The van der Waals surface area contributed by atoms with Gasteiger partial charge in [0.05, 0.1) is 25.9 Å². The molecule has 0 saturated carbocycles. The highest BCUT2D eigenvalue weighted by Crippen LogP contribution is 2.28. The first-order valence-electron chi connectivity index (χ1n) is 4.26. The molecular weight excluding hydrogens is 166 g/mol. The predicted octanol–water partition coefficient (Wildman–Crippen LogP) is 0.879. The molecule has 0 bridgehead atoms. The molecule has 1 fully saturated rings. The van der Waals surface area contributed by atoms with Gasteiger partial charge in [0.1, 0.15) is 5.75 Å². The molecule has 3 heteroatoms. The number of hydrogen-bond acceptors (Lipinski definition) is 3. The maximum Gasteiger partial charge on any atom is 0.119 e. The van der Waals surface area contributed by atoms with Crippen LogP contribution in [-0.4, -0.2) is 20.3 Å². The second-order valence-corrected chi connectivity index (χ2v) is 3.38. The fourth-order valence-electron chi connectivity index (χ4n) is 1.42. The van der Waals surface area contributed by atoms with E-state index < -0.39 is 0 Å². The van der Waals surface area contributed by atoms with Crippen molar-refractivity contribution in [3.8, 4) is 5.75 Å². The van der Waals surface area contributed by atoms with Crippen LogP contribution in [0.4, 0.5) is 0 Å². The Morgan fingerprint density at radius 1 is 1.46 bits per heavy atom. The first kappa shape index (κ1) is 8.53. The molecule has 0 atom stereocenters. The lowest BCUT2D eigenvalue weighted by molar-refractivity contribution is -0.0569. The van der Waals surface area contributed by atoms with Crippen molar-refractivity contribution in [2.24, 2.45) is 5.73 Å². The Kier molecular flexibility index (Phi) is 1.98. The third-order valence-electron chi connectivity index (χ3n) is 2.36. The van der Waals surface area contributed by atoms with Crippen molar-refractivity contribution in [2.75, 3.05) is 20.3 Å². The molecule has 13 heavy (non-hydrogen) atoms. The zero-order chi connectivity index (χ0) is 9.31. The zero-order valence-electron chi connectivity index (χ0n) is 7.62. The fourth-order valence-corrected chi connectivity index (χ4v) is 1.42. The number of rotatable bonds is 2. The third-order valence-corrected chi connectivity index (χ3v) is 2.36. The highest BCUT2D eigenvalue weighted by atomic mass is 16.5. The Morgan fingerprint density at radius 3 is 2.77 bits per heavy atom. The number of methoxy groups -OCH3 is 1. The van der Waals surface area contributed by atoms with Gasteiger partial charge in [-0.15, -0.1) is 0 Å². The van der Waals surface area contributed by atoms with Crippen molar-refractivity contribution in [3.63, 3.8) is 0 Å². The Balaban J connectivity index is 2.29. The van der Waals surface area contributed by atoms with Gasteiger partial charge in [-0.25, -0.2) is 0 Å². The smallest absolute Gasteiger partial charge is 0.119 e. The largest absolute Gasteiger partial charge is 0.497 e. The first-order chi connectivity index (χ1) is 6.24. The molecule has 0 aliphatic carbocycles. The van der Waals surface area contributed by atoms with E-state index in [2.05, 4.69) is 0 Å². The average Bonchev–Trinajstić information content (AvgIpc) is 2.14. The lowest BCUT2D eigenvalue weighted by Gasteiger charge is -2.38. The van der Waals surface area contributed by atoms with Gasteiger partial charge in [-0.2, -0.15) is 0 Å². The molecule has 3 nitrogen and oxygen atoms in total. The minimum Gasteiger partial charge on any atom is -0.497 e. The van der Waals surface area contributed by atoms with Gasteiger partial charge in [-0.3, -0.25) is 0 Å². The highest BCUT2D eigenvalue weighted by molar-refractivity contribution is 5.34. The number of ether oxygens (including phenoxy) is 2. The van der Waals surface area contributed by atoms with Crippen molar-refractivity contribution in [3.05, 3.63) is 29.8 Å². The number of benzene rings is 1. The van der Waals surface area contributed by atoms with E-state index >= 15 is 0 Å². The lowest BCUT2D eigenvalue weighted by atomic mass is 9.89. The molecule has 1 aromatic carbocycles. The summed E-state index contributed by atoms with van der Waals surface area (Å²) in [7, 11) is 1.65. The van der Waals surface area contributed by atoms with Crippen LogP contribution in [-0.2, 0) is 10.3 Å². The van der Waals surface area contributed by atoms with Gasteiger partial charge in [0.2, 0.25) is 0 Å². The van der Waals surface area contributed by atoms with Gasteiger partial charge in [0, 0.05) is 0 Å². The minimum absolute atomic E-state index is 0.297. The molecule has 0 aromatic heterocycles. The van der Waals surface area contributed by atoms with Gasteiger partial charge in [-0.05, 0) is 17.7 Å². The van der Waals surface area contributed by atoms with E-state index in [1.165, 1.54) is 0 Å². The Hall–Kier alpha value is -1.06. The topological polar surface area (TPSA) is 44.5 Å². The van der Waals surface area contributed by atoms with Crippen LogP contribution in [0.1, 0.15) is 5.56 Å². The highest BCUT2D eigenvalue weighted by Gasteiger charge is 2.36. The quantitative estimate of drug-likeness (QED) is 0.733.